The molecule has 2 fully saturated rings. The number of nitrogens with one attached hydrogen (secondary N) is 1. The Morgan fingerprint density at radius 3 is 2.94 bits per heavy atom. The number of thiocarbonyl (C=S) groups is 1. The fraction of sp³-hybridized carbons (Fsp3) is 0.833. The summed E-state index contributed by atoms with van der Waals surface area (Å²) >= 11 is 5.08. The molecular formula is C12H21N3OS. The largest absolute Gasteiger partial charge is 0.393 e. The lowest BCUT2D eigenvalue weighted by molar-refractivity contribution is -0.126. The minimum atomic E-state index is 0.0367. The molecule has 2 aliphatic heterocycles. The fourth-order valence-electron chi connectivity index (χ4n) is 2.79. The lowest BCUT2D eigenvalue weighted by Crippen LogP contribution is -2.51. The van der Waals surface area contributed by atoms with Crippen molar-refractivity contribution in [2.75, 3.05) is 19.6 Å². The molecular weight excluding hydrogens is 234 g/mol. The number of hydrogen-bond acceptors (Lipinski definition) is 3. The van der Waals surface area contributed by atoms with Crippen LogP contribution in [0.3, 0.4) is 0 Å². The second-order valence-electron chi connectivity index (χ2n) is 5.04. The number of amides is 1. The van der Waals surface area contributed by atoms with Gasteiger partial charge in [0.1, 0.15) is 0 Å². The Morgan fingerprint density at radius 1 is 1.35 bits per heavy atom. The zero-order chi connectivity index (χ0) is 12.3. The highest BCUT2D eigenvalue weighted by Gasteiger charge is 2.31. The first-order valence-electron chi connectivity index (χ1n) is 6.49. The summed E-state index contributed by atoms with van der Waals surface area (Å²) in [6.45, 7) is 2.67. The predicted octanol–water partition coefficient (Wildman–Crippen LogP) is 0.653. The minimum absolute atomic E-state index is 0.0367. The molecule has 0 saturated carbocycles. The van der Waals surface area contributed by atoms with Crippen molar-refractivity contribution in [3.63, 3.8) is 0 Å². The Kier molecular flexibility index (Phi) is 4.34. The highest BCUT2D eigenvalue weighted by molar-refractivity contribution is 7.80. The van der Waals surface area contributed by atoms with Crippen molar-refractivity contribution in [3.05, 3.63) is 0 Å². The van der Waals surface area contributed by atoms with Crippen molar-refractivity contribution in [3.8, 4) is 0 Å². The normalized spacial score (nSPS) is 31.6. The smallest absolute Gasteiger partial charge is 0.237 e. The molecule has 0 aliphatic carbocycles. The van der Waals surface area contributed by atoms with Crippen LogP contribution in [0.4, 0.5) is 0 Å². The van der Waals surface area contributed by atoms with E-state index < -0.39 is 0 Å². The second kappa shape index (κ2) is 5.78. The quantitative estimate of drug-likeness (QED) is 0.712. The van der Waals surface area contributed by atoms with Gasteiger partial charge < -0.3 is 11.1 Å². The van der Waals surface area contributed by atoms with Crippen molar-refractivity contribution in [2.45, 2.75) is 38.1 Å². The molecule has 2 rings (SSSR count). The molecule has 96 valence electrons. The minimum Gasteiger partial charge on any atom is -0.393 e. The first-order valence-corrected chi connectivity index (χ1v) is 6.90. The highest BCUT2D eigenvalue weighted by atomic mass is 32.1. The molecule has 0 aromatic carbocycles. The Labute approximate surface area is 108 Å². The number of piperidine rings is 1. The van der Waals surface area contributed by atoms with Crippen LogP contribution in [0.25, 0.3) is 0 Å². The number of nitrogens with zero attached hydrogens (tertiary/aromatic N) is 1. The van der Waals surface area contributed by atoms with E-state index >= 15 is 0 Å². The van der Waals surface area contributed by atoms with Gasteiger partial charge in [-0.1, -0.05) is 12.2 Å². The van der Waals surface area contributed by atoms with E-state index in [1.54, 1.807) is 0 Å². The topological polar surface area (TPSA) is 58.4 Å². The second-order valence-corrected chi connectivity index (χ2v) is 5.51. The Hall–Kier alpha value is -0.680. The monoisotopic (exact) mass is 255 g/mol. The van der Waals surface area contributed by atoms with Gasteiger partial charge in [-0.05, 0) is 38.6 Å². The molecule has 2 aliphatic rings. The molecule has 2 atom stereocenters. The average molecular weight is 255 g/mol. The van der Waals surface area contributed by atoms with E-state index in [2.05, 4.69) is 10.2 Å². The van der Waals surface area contributed by atoms with Gasteiger partial charge in [0.05, 0.1) is 11.0 Å². The van der Waals surface area contributed by atoms with Gasteiger partial charge in [-0.25, -0.2) is 0 Å². The Morgan fingerprint density at radius 2 is 2.18 bits per heavy atom. The summed E-state index contributed by atoms with van der Waals surface area (Å²) in [5.74, 6) is 0.473. The van der Waals surface area contributed by atoms with E-state index in [0.29, 0.717) is 4.99 Å². The van der Waals surface area contributed by atoms with Gasteiger partial charge in [-0.3, -0.25) is 9.69 Å². The van der Waals surface area contributed by atoms with Crippen LogP contribution in [-0.2, 0) is 4.79 Å². The fourth-order valence-corrected chi connectivity index (χ4v) is 2.99. The van der Waals surface area contributed by atoms with Gasteiger partial charge in [0, 0.05) is 19.0 Å². The van der Waals surface area contributed by atoms with Gasteiger partial charge >= 0.3 is 0 Å². The summed E-state index contributed by atoms with van der Waals surface area (Å²) in [5.41, 5.74) is 5.73. The van der Waals surface area contributed by atoms with E-state index in [1.165, 1.54) is 0 Å². The molecule has 2 unspecified atom stereocenters. The third-order valence-corrected chi connectivity index (χ3v) is 4.14. The standard InChI is InChI=1S/C12H21N3OS/c13-11(17)9-4-3-7-15(8-9)10-5-1-2-6-14-12(10)16/h9-10H,1-8H2,(H2,13,17)(H,14,16). The maximum absolute atomic E-state index is 12.0. The lowest BCUT2D eigenvalue weighted by Gasteiger charge is -2.36. The zero-order valence-electron chi connectivity index (χ0n) is 10.2. The number of carbonyl (C=O) groups is 1. The molecule has 2 saturated heterocycles. The van der Waals surface area contributed by atoms with Gasteiger partial charge in [-0.2, -0.15) is 0 Å². The predicted molar refractivity (Wildman–Crippen MR) is 71.7 cm³/mol. The molecule has 3 N–H and O–H groups in total. The van der Waals surface area contributed by atoms with E-state index in [-0.39, 0.29) is 17.9 Å². The summed E-state index contributed by atoms with van der Waals surface area (Å²) in [5, 5.41) is 2.99. The molecule has 0 aromatic rings. The Balaban J connectivity index is 1.99. The first kappa shape index (κ1) is 12.8. The number of nitrogens with two attached hydrogens (primary N) is 1. The number of hydrogen-bond donors (Lipinski definition) is 2. The van der Waals surface area contributed by atoms with Crippen LogP contribution in [0.2, 0.25) is 0 Å². The van der Waals surface area contributed by atoms with Crippen molar-refractivity contribution in [2.24, 2.45) is 11.7 Å². The number of rotatable bonds is 2. The van der Waals surface area contributed by atoms with E-state index in [9.17, 15) is 4.79 Å². The van der Waals surface area contributed by atoms with Crippen LogP contribution < -0.4 is 11.1 Å². The number of carbonyl (C=O) groups excluding carboxylic acids is 1. The molecule has 17 heavy (non-hydrogen) atoms. The molecule has 4 nitrogen and oxygen atoms in total. The molecule has 5 heteroatoms. The molecule has 1 amide bonds. The summed E-state index contributed by atoms with van der Waals surface area (Å²) in [7, 11) is 0. The first-order chi connectivity index (χ1) is 8.18. The maximum Gasteiger partial charge on any atom is 0.237 e. The highest BCUT2D eigenvalue weighted by Crippen LogP contribution is 2.22. The molecule has 0 bridgehead atoms. The SMILES string of the molecule is NC(=S)C1CCCN(C2CCCCNC2=O)C1. The van der Waals surface area contributed by atoms with Crippen LogP contribution >= 0.6 is 12.2 Å². The summed E-state index contributed by atoms with van der Waals surface area (Å²) in [6.07, 6.45) is 5.34. The number of likely N-dealkylation sites (tertiary alicyclic amines) is 1. The van der Waals surface area contributed by atoms with Gasteiger partial charge in [0.15, 0.2) is 0 Å². The summed E-state index contributed by atoms with van der Waals surface area (Å²) in [4.78, 5) is 14.8. The van der Waals surface area contributed by atoms with E-state index in [1.807, 2.05) is 0 Å². The Bertz CT molecular complexity index is 308. The molecule has 0 spiro atoms. The van der Waals surface area contributed by atoms with E-state index in [4.69, 9.17) is 18.0 Å². The van der Waals surface area contributed by atoms with Crippen molar-refractivity contribution in [1.29, 1.82) is 0 Å². The van der Waals surface area contributed by atoms with Crippen LogP contribution in [0.5, 0.6) is 0 Å². The van der Waals surface area contributed by atoms with Crippen LogP contribution in [-0.4, -0.2) is 41.5 Å². The maximum atomic E-state index is 12.0. The summed E-state index contributed by atoms with van der Waals surface area (Å²) in [6, 6.07) is 0.0367. The van der Waals surface area contributed by atoms with Gasteiger partial charge in [0.2, 0.25) is 5.91 Å². The average Bonchev–Trinajstić information content (AvgIpc) is 2.54. The van der Waals surface area contributed by atoms with Crippen LogP contribution in [0, 0.1) is 5.92 Å². The lowest BCUT2D eigenvalue weighted by atomic mass is 9.95. The van der Waals surface area contributed by atoms with Gasteiger partial charge in [-0.15, -0.1) is 0 Å². The van der Waals surface area contributed by atoms with Crippen molar-refractivity contribution >= 4 is 23.1 Å². The van der Waals surface area contributed by atoms with Crippen molar-refractivity contribution in [1.82, 2.24) is 10.2 Å². The van der Waals surface area contributed by atoms with E-state index in [0.717, 1.165) is 51.7 Å². The van der Waals surface area contributed by atoms with Crippen molar-refractivity contribution < 1.29 is 4.79 Å². The summed E-state index contributed by atoms with van der Waals surface area (Å²) < 4.78 is 0. The third-order valence-electron chi connectivity index (χ3n) is 3.80. The van der Waals surface area contributed by atoms with Crippen LogP contribution in [0.15, 0.2) is 0 Å². The van der Waals surface area contributed by atoms with Gasteiger partial charge in [0.25, 0.3) is 0 Å². The third kappa shape index (κ3) is 3.16. The molecule has 0 radical (unpaired) electrons. The zero-order valence-corrected chi connectivity index (χ0v) is 11.0. The van der Waals surface area contributed by atoms with Crippen LogP contribution in [0.1, 0.15) is 32.1 Å². The molecule has 2 heterocycles. The molecule has 0 aromatic heterocycles.